The lowest BCUT2D eigenvalue weighted by Gasteiger charge is -2.71. The van der Waals surface area contributed by atoms with Crippen LogP contribution in [0.3, 0.4) is 0 Å². The van der Waals surface area contributed by atoms with Gasteiger partial charge in [0.05, 0.1) is 13.2 Å². The quantitative estimate of drug-likeness (QED) is 0.188. The van der Waals surface area contributed by atoms with Crippen LogP contribution >= 0.6 is 0 Å². The lowest BCUT2D eigenvalue weighted by atomic mass is 9.33. The number of carbonyl (C=O) groups is 3. The summed E-state index contributed by atoms with van der Waals surface area (Å²) in [4.78, 5) is 52.0. The number of allylic oxidation sites excluding steroid dienone is 1. The minimum atomic E-state index is -1.43. The van der Waals surface area contributed by atoms with Crippen molar-refractivity contribution in [3.05, 3.63) is 16.1 Å². The first-order valence-corrected chi connectivity index (χ1v) is 14.4. The average molecular weight is 512 g/mol. The highest BCUT2D eigenvalue weighted by atomic mass is 16.5. The fraction of sp³-hybridized carbons (Fsp3) is 0.839. The second-order valence-electron chi connectivity index (χ2n) is 14.6. The van der Waals surface area contributed by atoms with Gasteiger partial charge in [-0.1, -0.05) is 53.6 Å². The Kier molecular flexibility index (Phi) is 5.84. The van der Waals surface area contributed by atoms with Crippen molar-refractivity contribution in [2.75, 3.05) is 7.11 Å². The molecule has 4 saturated carbocycles. The molecular formula is C31H45NO5. The van der Waals surface area contributed by atoms with Crippen molar-refractivity contribution in [2.45, 2.75) is 106 Å². The summed E-state index contributed by atoms with van der Waals surface area (Å²) in [5.74, 6) is -0.779. The van der Waals surface area contributed by atoms with Crippen LogP contribution in [0.5, 0.6) is 0 Å². The molecule has 0 aromatic carbocycles. The smallest absolute Gasteiger partial charge is 0.324 e. The number of ether oxygens (including phenoxy) is 1. The molecule has 8 atom stereocenters. The van der Waals surface area contributed by atoms with Crippen molar-refractivity contribution < 1.29 is 19.1 Å². The molecule has 6 heteroatoms. The average Bonchev–Trinajstić information content (AvgIpc) is 3.06. The third-order valence-corrected chi connectivity index (χ3v) is 13.0. The Morgan fingerprint density at radius 2 is 1.57 bits per heavy atom. The number of esters is 1. The van der Waals surface area contributed by atoms with Crippen molar-refractivity contribution in [3.8, 4) is 0 Å². The standard InChI is InChI=1S/C31H45NO5/c1-17(2)22-23-18-9-10-20-28(5)13-12-21(32-36)27(3,4)19(28)11-14-30(20,7)29(18,6)15-16-31(23,26(35)37-8)25(34)24(22)33/h17-21H,9-16H2,1-8H3/t18?,19?,20?,21?,28?,29-,30?,31?/m1/s1. The maximum absolute atomic E-state index is 13.6. The van der Waals surface area contributed by atoms with Crippen molar-refractivity contribution in [2.24, 2.45) is 55.9 Å². The van der Waals surface area contributed by atoms with Gasteiger partial charge < -0.3 is 4.74 Å². The third-order valence-electron chi connectivity index (χ3n) is 13.0. The number of carbonyl (C=O) groups excluding carboxylic acids is 3. The van der Waals surface area contributed by atoms with Crippen LogP contribution in [0.15, 0.2) is 16.3 Å². The summed E-state index contributed by atoms with van der Waals surface area (Å²) < 4.78 is 5.24. The Labute approximate surface area is 221 Å². The van der Waals surface area contributed by atoms with Gasteiger partial charge in [-0.25, -0.2) is 0 Å². The van der Waals surface area contributed by atoms with Gasteiger partial charge >= 0.3 is 5.97 Å². The minimum absolute atomic E-state index is 0.00471. The van der Waals surface area contributed by atoms with E-state index in [0.29, 0.717) is 23.8 Å². The van der Waals surface area contributed by atoms with Gasteiger partial charge in [0.25, 0.3) is 0 Å². The van der Waals surface area contributed by atoms with Gasteiger partial charge in [-0.15, -0.1) is 0 Å². The molecule has 37 heavy (non-hydrogen) atoms. The zero-order chi connectivity index (χ0) is 27.3. The van der Waals surface area contributed by atoms with Gasteiger partial charge in [-0.3, -0.25) is 14.4 Å². The highest BCUT2D eigenvalue weighted by Gasteiger charge is 2.73. The van der Waals surface area contributed by atoms with E-state index in [4.69, 9.17) is 4.74 Å². The third kappa shape index (κ3) is 2.96. The van der Waals surface area contributed by atoms with Crippen LogP contribution in [0.4, 0.5) is 0 Å². The summed E-state index contributed by atoms with van der Waals surface area (Å²) in [6.07, 6.45) is 6.94. The predicted octanol–water partition coefficient (Wildman–Crippen LogP) is 6.45. The molecule has 7 unspecified atom stereocenters. The molecule has 0 aromatic heterocycles. The summed E-state index contributed by atoms with van der Waals surface area (Å²) in [6.45, 7) is 15.7. The van der Waals surface area contributed by atoms with Crippen LogP contribution in [-0.4, -0.2) is 30.7 Å². The lowest BCUT2D eigenvalue weighted by molar-refractivity contribution is -0.215. The second kappa shape index (κ2) is 8.08. The maximum Gasteiger partial charge on any atom is 0.324 e. The van der Waals surface area contributed by atoms with E-state index in [2.05, 4.69) is 39.8 Å². The molecule has 0 heterocycles. The van der Waals surface area contributed by atoms with Crippen molar-refractivity contribution in [1.29, 1.82) is 0 Å². The first kappa shape index (κ1) is 26.7. The van der Waals surface area contributed by atoms with Gasteiger partial charge in [0.15, 0.2) is 5.41 Å². The van der Waals surface area contributed by atoms with Gasteiger partial charge in [0.2, 0.25) is 11.6 Å². The van der Waals surface area contributed by atoms with Crippen LogP contribution in [-0.2, 0) is 19.1 Å². The molecule has 6 nitrogen and oxygen atoms in total. The first-order valence-electron chi connectivity index (χ1n) is 14.4. The molecule has 0 N–H and O–H groups in total. The van der Waals surface area contributed by atoms with Crippen molar-refractivity contribution in [3.63, 3.8) is 0 Å². The van der Waals surface area contributed by atoms with Crippen molar-refractivity contribution >= 4 is 17.5 Å². The first-order chi connectivity index (χ1) is 17.2. The highest BCUT2D eigenvalue weighted by Crippen LogP contribution is 2.76. The summed E-state index contributed by atoms with van der Waals surface area (Å²) in [5.41, 5.74) is -0.199. The van der Waals surface area contributed by atoms with E-state index in [9.17, 15) is 19.3 Å². The largest absolute Gasteiger partial charge is 0.468 e. The van der Waals surface area contributed by atoms with E-state index in [1.54, 1.807) is 0 Å². The Balaban J connectivity index is 1.64. The molecule has 204 valence electrons. The molecule has 0 aliphatic heterocycles. The topological polar surface area (TPSA) is 89.9 Å². The number of nitrogens with zero attached hydrogens (tertiary/aromatic N) is 1. The second-order valence-corrected chi connectivity index (χ2v) is 14.6. The summed E-state index contributed by atoms with van der Waals surface area (Å²) >= 11 is 0. The zero-order valence-corrected chi connectivity index (χ0v) is 24.0. The van der Waals surface area contributed by atoms with E-state index in [1.165, 1.54) is 7.11 Å². The molecule has 0 saturated heterocycles. The number of hydrogen-bond donors (Lipinski definition) is 0. The Morgan fingerprint density at radius 3 is 2.16 bits per heavy atom. The summed E-state index contributed by atoms with van der Waals surface area (Å²) in [6, 6.07) is -0.133. The lowest BCUT2D eigenvalue weighted by Crippen LogP contribution is -2.66. The van der Waals surface area contributed by atoms with E-state index in [-0.39, 0.29) is 39.5 Å². The SMILES string of the molecule is COC(=O)C12CC[C@]3(C)C(CCC4C5(C)CCC(N=O)C(C)(C)C5CCC43C)C1=C(C(C)C)C(=O)C2=O. The number of nitroso groups, excluding NO2 is 1. The van der Waals surface area contributed by atoms with Gasteiger partial charge in [-0.2, -0.15) is 4.91 Å². The zero-order valence-electron chi connectivity index (χ0n) is 24.0. The molecule has 0 spiro atoms. The van der Waals surface area contributed by atoms with E-state index >= 15 is 0 Å². The Hall–Kier alpha value is -1.85. The number of fused-ring (bicyclic) bond motifs is 7. The number of hydrogen-bond acceptors (Lipinski definition) is 6. The number of methoxy groups -OCH3 is 1. The van der Waals surface area contributed by atoms with E-state index in [1.807, 2.05) is 13.8 Å². The minimum Gasteiger partial charge on any atom is -0.468 e. The number of Topliss-reactive ketones (excluding diaryl/α,β-unsaturated/α-hetero) is 2. The van der Waals surface area contributed by atoms with Crippen LogP contribution in [0.25, 0.3) is 0 Å². The monoisotopic (exact) mass is 511 g/mol. The predicted molar refractivity (Wildman–Crippen MR) is 141 cm³/mol. The van der Waals surface area contributed by atoms with Crippen molar-refractivity contribution in [1.82, 2.24) is 0 Å². The Bertz CT molecular complexity index is 1100. The molecule has 0 radical (unpaired) electrons. The van der Waals surface area contributed by atoms with Gasteiger partial charge in [-0.05, 0) is 102 Å². The number of rotatable bonds is 3. The fourth-order valence-electron chi connectivity index (χ4n) is 11.1. The molecule has 5 aliphatic carbocycles. The van der Waals surface area contributed by atoms with Crippen LogP contribution in [0.2, 0.25) is 0 Å². The molecule has 5 aliphatic rings. The van der Waals surface area contributed by atoms with E-state index < -0.39 is 23.0 Å². The molecular weight excluding hydrogens is 466 g/mol. The summed E-state index contributed by atoms with van der Waals surface area (Å²) in [7, 11) is 1.33. The molecule has 0 amide bonds. The Morgan fingerprint density at radius 1 is 0.892 bits per heavy atom. The van der Waals surface area contributed by atoms with Crippen LogP contribution in [0.1, 0.15) is 99.8 Å². The maximum atomic E-state index is 13.6. The van der Waals surface area contributed by atoms with Gasteiger partial charge in [0.1, 0.15) is 0 Å². The van der Waals surface area contributed by atoms with Crippen LogP contribution < -0.4 is 0 Å². The van der Waals surface area contributed by atoms with Gasteiger partial charge in [0, 0.05) is 5.57 Å². The molecule has 5 rings (SSSR count). The summed E-state index contributed by atoms with van der Waals surface area (Å²) in [5, 5.41) is 3.57. The normalized spacial score (nSPS) is 46.6. The fourth-order valence-corrected chi connectivity index (χ4v) is 11.1. The molecule has 0 bridgehead atoms. The molecule has 0 aromatic rings. The molecule has 4 fully saturated rings. The number of ketones is 2. The van der Waals surface area contributed by atoms with Crippen LogP contribution in [0, 0.1) is 55.7 Å². The van der Waals surface area contributed by atoms with E-state index in [0.717, 1.165) is 50.5 Å². The highest BCUT2D eigenvalue weighted by molar-refractivity contribution is 6.52.